The van der Waals surface area contributed by atoms with Crippen molar-refractivity contribution in [2.24, 2.45) is 0 Å². The van der Waals surface area contributed by atoms with E-state index in [1.165, 1.54) is 0 Å². The molecule has 0 bridgehead atoms. The highest BCUT2D eigenvalue weighted by molar-refractivity contribution is 5.81. The van der Waals surface area contributed by atoms with Gasteiger partial charge >= 0.3 is 0 Å². The molecule has 1 aliphatic heterocycles. The van der Waals surface area contributed by atoms with Crippen molar-refractivity contribution in [3.63, 3.8) is 0 Å². The molecule has 4 rings (SSSR count). The molecule has 1 aromatic heterocycles. The van der Waals surface area contributed by atoms with Crippen molar-refractivity contribution in [2.45, 2.75) is 18.6 Å². The first-order valence-corrected chi connectivity index (χ1v) is 8.53. The van der Waals surface area contributed by atoms with Gasteiger partial charge in [0, 0.05) is 11.9 Å². The van der Waals surface area contributed by atoms with Gasteiger partial charge in [0.2, 0.25) is 6.10 Å². The van der Waals surface area contributed by atoms with Gasteiger partial charge in [-0.3, -0.25) is 4.79 Å². The summed E-state index contributed by atoms with van der Waals surface area (Å²) in [5.74, 6) is 1.42. The number of rotatable bonds is 5. The second kappa shape index (κ2) is 7.09. The van der Waals surface area contributed by atoms with Crippen molar-refractivity contribution in [1.29, 1.82) is 0 Å². The Bertz CT molecular complexity index is 886. The SMILES string of the molecule is O=C(NCC[C@H](O)c1cc2ccccc2o1)[C@@H]1COc2ccccc2O1. The van der Waals surface area contributed by atoms with Crippen LogP contribution in [-0.4, -0.2) is 30.3 Å². The number of nitrogens with one attached hydrogen (secondary N) is 1. The van der Waals surface area contributed by atoms with E-state index in [1.807, 2.05) is 42.5 Å². The van der Waals surface area contributed by atoms with E-state index in [1.54, 1.807) is 12.1 Å². The lowest BCUT2D eigenvalue weighted by Crippen LogP contribution is -2.44. The van der Waals surface area contributed by atoms with Gasteiger partial charge in [0.1, 0.15) is 24.1 Å². The second-order valence-electron chi connectivity index (χ2n) is 6.15. The number of fused-ring (bicyclic) bond motifs is 2. The van der Waals surface area contributed by atoms with E-state index in [9.17, 15) is 9.90 Å². The Morgan fingerprint density at radius 1 is 1.15 bits per heavy atom. The fraction of sp³-hybridized carbons (Fsp3) is 0.250. The van der Waals surface area contributed by atoms with E-state index in [-0.39, 0.29) is 12.5 Å². The normalized spacial score (nSPS) is 17.0. The van der Waals surface area contributed by atoms with Crippen LogP contribution in [0.25, 0.3) is 11.0 Å². The van der Waals surface area contributed by atoms with Crippen LogP contribution < -0.4 is 14.8 Å². The lowest BCUT2D eigenvalue weighted by molar-refractivity contribution is -0.130. The molecular formula is C20H19NO5. The number of para-hydroxylation sites is 3. The van der Waals surface area contributed by atoms with Gasteiger partial charge in [-0.05, 0) is 30.7 Å². The number of hydrogen-bond acceptors (Lipinski definition) is 5. The zero-order valence-corrected chi connectivity index (χ0v) is 14.1. The molecule has 3 aromatic rings. The second-order valence-corrected chi connectivity index (χ2v) is 6.15. The molecule has 26 heavy (non-hydrogen) atoms. The summed E-state index contributed by atoms with van der Waals surface area (Å²) in [5, 5.41) is 14.0. The van der Waals surface area contributed by atoms with E-state index in [0.717, 1.165) is 11.0 Å². The molecule has 2 atom stereocenters. The Morgan fingerprint density at radius 3 is 2.77 bits per heavy atom. The third-order valence-electron chi connectivity index (χ3n) is 4.29. The summed E-state index contributed by atoms with van der Waals surface area (Å²) in [6.45, 7) is 0.466. The molecule has 0 radical (unpaired) electrons. The molecule has 1 amide bonds. The maximum atomic E-state index is 12.2. The maximum Gasteiger partial charge on any atom is 0.264 e. The third kappa shape index (κ3) is 3.36. The first-order valence-electron chi connectivity index (χ1n) is 8.53. The number of aliphatic hydroxyl groups excluding tert-OH is 1. The monoisotopic (exact) mass is 353 g/mol. The Balaban J connectivity index is 1.29. The van der Waals surface area contributed by atoms with E-state index in [2.05, 4.69) is 5.32 Å². The van der Waals surface area contributed by atoms with Gasteiger partial charge in [-0.15, -0.1) is 0 Å². The molecule has 0 saturated carbocycles. The molecule has 2 aromatic carbocycles. The number of benzene rings is 2. The Kier molecular flexibility index (Phi) is 4.50. The molecule has 2 N–H and O–H groups in total. The van der Waals surface area contributed by atoms with Gasteiger partial charge in [0.15, 0.2) is 11.5 Å². The molecule has 0 spiro atoms. The van der Waals surface area contributed by atoms with Crippen LogP contribution in [0.4, 0.5) is 0 Å². The predicted molar refractivity (Wildman–Crippen MR) is 95.2 cm³/mol. The summed E-state index contributed by atoms with van der Waals surface area (Å²) in [5.41, 5.74) is 0.733. The minimum absolute atomic E-state index is 0.162. The molecule has 1 aliphatic rings. The molecule has 134 valence electrons. The average Bonchev–Trinajstić information content (AvgIpc) is 3.12. The molecule has 0 aliphatic carbocycles. The summed E-state index contributed by atoms with van der Waals surface area (Å²) in [4.78, 5) is 12.2. The van der Waals surface area contributed by atoms with E-state index in [0.29, 0.717) is 30.2 Å². The highest BCUT2D eigenvalue weighted by Crippen LogP contribution is 2.31. The Labute approximate surface area is 150 Å². The summed E-state index contributed by atoms with van der Waals surface area (Å²) in [7, 11) is 0. The molecule has 0 unspecified atom stereocenters. The lowest BCUT2D eigenvalue weighted by Gasteiger charge is -2.25. The number of amides is 1. The van der Waals surface area contributed by atoms with Gasteiger partial charge in [-0.2, -0.15) is 0 Å². The van der Waals surface area contributed by atoms with Crippen LogP contribution >= 0.6 is 0 Å². The van der Waals surface area contributed by atoms with Crippen LogP contribution in [-0.2, 0) is 4.79 Å². The van der Waals surface area contributed by atoms with Crippen LogP contribution in [0.3, 0.4) is 0 Å². The largest absolute Gasteiger partial charge is 0.485 e. The number of ether oxygens (including phenoxy) is 2. The van der Waals surface area contributed by atoms with Crippen molar-refractivity contribution in [1.82, 2.24) is 5.32 Å². The van der Waals surface area contributed by atoms with E-state index >= 15 is 0 Å². The first-order chi connectivity index (χ1) is 12.7. The molecule has 6 heteroatoms. The number of hydrogen-bond donors (Lipinski definition) is 2. The van der Waals surface area contributed by atoms with Gasteiger partial charge in [-0.1, -0.05) is 30.3 Å². The van der Waals surface area contributed by atoms with E-state index in [4.69, 9.17) is 13.9 Å². The zero-order valence-electron chi connectivity index (χ0n) is 14.1. The van der Waals surface area contributed by atoms with E-state index < -0.39 is 12.2 Å². The fourth-order valence-corrected chi connectivity index (χ4v) is 2.90. The smallest absolute Gasteiger partial charge is 0.264 e. The van der Waals surface area contributed by atoms with Crippen molar-refractivity contribution in [3.8, 4) is 11.5 Å². The van der Waals surface area contributed by atoms with Crippen molar-refractivity contribution >= 4 is 16.9 Å². The highest BCUT2D eigenvalue weighted by atomic mass is 16.6. The maximum absolute atomic E-state index is 12.2. The fourth-order valence-electron chi connectivity index (χ4n) is 2.90. The average molecular weight is 353 g/mol. The minimum atomic E-state index is -0.785. The van der Waals surface area contributed by atoms with Crippen molar-refractivity contribution < 1.29 is 23.8 Å². The number of aliphatic hydroxyl groups is 1. The van der Waals surface area contributed by atoms with Crippen LogP contribution in [0.5, 0.6) is 11.5 Å². The van der Waals surface area contributed by atoms with Crippen LogP contribution in [0.2, 0.25) is 0 Å². The Hall–Kier alpha value is -2.99. The lowest BCUT2D eigenvalue weighted by atomic mass is 10.2. The topological polar surface area (TPSA) is 80.9 Å². The quantitative estimate of drug-likeness (QED) is 0.737. The molecule has 6 nitrogen and oxygen atoms in total. The van der Waals surface area contributed by atoms with Gasteiger partial charge in [0.25, 0.3) is 5.91 Å². The first kappa shape index (κ1) is 16.5. The third-order valence-corrected chi connectivity index (χ3v) is 4.29. The number of carbonyl (C=O) groups excluding carboxylic acids is 1. The summed E-state index contributed by atoms with van der Waals surface area (Å²) in [6.07, 6.45) is -1.14. The van der Waals surface area contributed by atoms with Crippen LogP contribution in [0, 0.1) is 0 Å². The summed E-state index contributed by atoms with van der Waals surface area (Å²) >= 11 is 0. The van der Waals surface area contributed by atoms with Gasteiger partial charge in [-0.25, -0.2) is 0 Å². The van der Waals surface area contributed by atoms with Gasteiger partial charge in [0.05, 0.1) is 0 Å². The minimum Gasteiger partial charge on any atom is -0.485 e. The molecule has 2 heterocycles. The standard InChI is InChI=1S/C20H19NO5/c22-14(18-11-13-5-1-2-6-15(13)25-18)9-10-21-20(23)19-12-24-16-7-3-4-8-17(16)26-19/h1-8,11,14,19,22H,9-10,12H2,(H,21,23)/t14-,19-/m0/s1. The van der Waals surface area contributed by atoms with Gasteiger partial charge < -0.3 is 24.3 Å². The zero-order chi connectivity index (χ0) is 17.9. The van der Waals surface area contributed by atoms with Crippen molar-refractivity contribution in [3.05, 3.63) is 60.4 Å². The number of furan rings is 1. The molecule has 0 saturated heterocycles. The predicted octanol–water partition coefficient (Wildman–Crippen LogP) is 2.81. The molecular weight excluding hydrogens is 334 g/mol. The highest BCUT2D eigenvalue weighted by Gasteiger charge is 2.27. The summed E-state index contributed by atoms with van der Waals surface area (Å²) in [6, 6.07) is 16.6. The number of carbonyl (C=O) groups is 1. The van der Waals surface area contributed by atoms with Crippen LogP contribution in [0.1, 0.15) is 18.3 Å². The van der Waals surface area contributed by atoms with Crippen LogP contribution in [0.15, 0.2) is 59.0 Å². The Morgan fingerprint density at radius 2 is 1.92 bits per heavy atom. The van der Waals surface area contributed by atoms with Crippen molar-refractivity contribution in [2.75, 3.05) is 13.2 Å². The summed E-state index contributed by atoms with van der Waals surface area (Å²) < 4.78 is 16.8. The molecule has 0 fully saturated rings.